The van der Waals surface area contributed by atoms with Crippen molar-refractivity contribution in [1.29, 1.82) is 0 Å². The monoisotopic (exact) mass is 786 g/mol. The van der Waals surface area contributed by atoms with Gasteiger partial charge in [-0.1, -0.05) is 60.7 Å². The molecule has 0 saturated heterocycles. The van der Waals surface area contributed by atoms with Crippen LogP contribution in [-0.2, 0) is 16.6 Å². The van der Waals surface area contributed by atoms with Crippen LogP contribution < -0.4 is 9.47 Å². The molecule has 0 bridgehead atoms. The van der Waals surface area contributed by atoms with Crippen molar-refractivity contribution in [1.82, 2.24) is 0 Å². The van der Waals surface area contributed by atoms with Crippen LogP contribution in [-0.4, -0.2) is 56.2 Å². The second-order valence-corrected chi connectivity index (χ2v) is 14.1. The number of carboxylic acids is 4. The zero-order chi connectivity index (χ0) is 41.3. The van der Waals surface area contributed by atoms with Crippen molar-refractivity contribution in [2.45, 2.75) is 11.8 Å². The number of rotatable bonds is 8. The van der Waals surface area contributed by atoms with Gasteiger partial charge in [0.1, 0.15) is 11.5 Å². The summed E-state index contributed by atoms with van der Waals surface area (Å²) in [6.07, 6.45) is 6.34. The largest absolute Gasteiger partial charge is 0.478 e. The Labute approximate surface area is 331 Å². The summed E-state index contributed by atoms with van der Waals surface area (Å²) in [5.74, 6) is -8.07. The number of esters is 2. The normalized spacial score (nSPS) is 15.9. The van der Waals surface area contributed by atoms with Gasteiger partial charge in [-0.3, -0.25) is 0 Å². The number of hydrogen-bond acceptors (Lipinski definition) is 9. The lowest BCUT2D eigenvalue weighted by molar-refractivity contribution is 0.0466. The molecule has 1 aliphatic heterocycles. The first-order valence-corrected chi connectivity index (χ1v) is 17.9. The number of aromatic carboxylic acids is 4. The molecule has 59 heavy (non-hydrogen) atoms. The smallest absolute Gasteiger partial charge is 0.345 e. The molecule has 1 atom stereocenters. The standard InChI is InChI=1S/C46H26O13/c47-39(48)28-12-9-24(17-32(28)41(51)52)43(55)57-27-11-14-36-31(19-27)34-21-46(20-26-5-1-3-22-7-8-23-4-2-6-35(46)38(23)37(22)26)16-15-30(34)45(58-36)59-44(56)25-10-13-29(40(49)50)33(18-25)42(53)54/h1-19,21H,20H2,(H,47,48)(H,49,50)(H,51,52)(H,53,54). The SMILES string of the molecule is O=C(OC1=C2C=CC3(C=C2c2cc(OC(=O)c4ccc(C(=O)O)c(C(=O)O)c4)ccc2O1)Cc1cccc2ccc4cccc3c4c12)c1ccc(C(=O)O)c(C(=O)O)c1. The summed E-state index contributed by atoms with van der Waals surface area (Å²) >= 11 is 0. The van der Waals surface area contributed by atoms with Gasteiger partial charge in [0, 0.05) is 11.0 Å². The topological polar surface area (TPSA) is 211 Å². The minimum Gasteiger partial charge on any atom is -0.478 e. The van der Waals surface area contributed by atoms with Crippen LogP contribution in [0.2, 0.25) is 0 Å². The lowest BCUT2D eigenvalue weighted by atomic mass is 9.65. The maximum absolute atomic E-state index is 13.6. The van der Waals surface area contributed by atoms with Gasteiger partial charge in [-0.2, -0.15) is 0 Å². The van der Waals surface area contributed by atoms with E-state index in [4.69, 9.17) is 14.2 Å². The third kappa shape index (κ3) is 5.96. The average molecular weight is 787 g/mol. The molecule has 13 nitrogen and oxygen atoms in total. The van der Waals surface area contributed by atoms with E-state index >= 15 is 0 Å². The highest BCUT2D eigenvalue weighted by Gasteiger charge is 2.40. The number of carbonyl (C=O) groups is 6. The quantitative estimate of drug-likeness (QED) is 0.0657. The Bertz CT molecular complexity index is 3060. The van der Waals surface area contributed by atoms with Crippen molar-refractivity contribution in [2.24, 2.45) is 0 Å². The van der Waals surface area contributed by atoms with Gasteiger partial charge in [-0.15, -0.1) is 0 Å². The molecule has 9 rings (SSSR count). The Balaban J connectivity index is 1.16. The van der Waals surface area contributed by atoms with E-state index in [-0.39, 0.29) is 28.6 Å². The molecule has 6 aromatic rings. The van der Waals surface area contributed by atoms with E-state index in [0.717, 1.165) is 69.1 Å². The third-order valence-electron chi connectivity index (χ3n) is 10.7. The van der Waals surface area contributed by atoms with E-state index in [1.54, 1.807) is 6.08 Å². The number of fused-ring (bicyclic) bond motifs is 4. The van der Waals surface area contributed by atoms with Crippen LogP contribution in [0.1, 0.15) is 78.8 Å². The lowest BCUT2D eigenvalue weighted by Crippen LogP contribution is -2.30. The molecule has 288 valence electrons. The molecule has 4 N–H and O–H groups in total. The van der Waals surface area contributed by atoms with E-state index in [2.05, 4.69) is 36.4 Å². The maximum atomic E-state index is 13.6. The van der Waals surface area contributed by atoms with Crippen molar-refractivity contribution in [3.63, 3.8) is 0 Å². The van der Waals surface area contributed by atoms with Crippen LogP contribution in [0.3, 0.4) is 0 Å². The summed E-state index contributed by atoms with van der Waals surface area (Å²) in [5.41, 5.74) is 0.00833. The van der Waals surface area contributed by atoms with Crippen molar-refractivity contribution >= 4 is 62.9 Å². The van der Waals surface area contributed by atoms with E-state index in [1.807, 2.05) is 24.3 Å². The van der Waals surface area contributed by atoms with Crippen molar-refractivity contribution in [2.75, 3.05) is 0 Å². The maximum Gasteiger partial charge on any atom is 0.345 e. The Morgan fingerprint density at radius 3 is 1.81 bits per heavy atom. The lowest BCUT2D eigenvalue weighted by Gasteiger charge is -2.38. The third-order valence-corrected chi connectivity index (χ3v) is 10.7. The molecule has 13 heteroatoms. The molecule has 1 spiro atoms. The van der Waals surface area contributed by atoms with Crippen LogP contribution in [0.25, 0.3) is 27.1 Å². The number of hydrogen-bond donors (Lipinski definition) is 4. The molecule has 2 aliphatic carbocycles. The zero-order valence-electron chi connectivity index (χ0n) is 30.2. The number of allylic oxidation sites excluding steroid dienone is 5. The highest BCUT2D eigenvalue weighted by molar-refractivity contribution is 6.13. The van der Waals surface area contributed by atoms with Crippen LogP contribution in [0.15, 0.2) is 133 Å². The number of benzene rings is 6. The summed E-state index contributed by atoms with van der Waals surface area (Å²) in [5, 5.41) is 42.5. The Morgan fingerprint density at radius 2 is 1.19 bits per heavy atom. The summed E-state index contributed by atoms with van der Waals surface area (Å²) in [4.78, 5) is 73.9. The van der Waals surface area contributed by atoms with Crippen molar-refractivity contribution in [3.05, 3.63) is 183 Å². The van der Waals surface area contributed by atoms with E-state index < -0.39 is 63.5 Å². The molecular formula is C46H26O13. The number of carbonyl (C=O) groups excluding carboxylic acids is 2. The molecule has 0 radical (unpaired) electrons. The van der Waals surface area contributed by atoms with Gasteiger partial charge in [0.15, 0.2) is 0 Å². The highest BCUT2D eigenvalue weighted by atomic mass is 16.7. The second-order valence-electron chi connectivity index (χ2n) is 14.1. The second kappa shape index (κ2) is 13.4. The predicted octanol–water partition coefficient (Wildman–Crippen LogP) is 7.91. The van der Waals surface area contributed by atoms with Gasteiger partial charge in [0.25, 0.3) is 0 Å². The summed E-state index contributed by atoms with van der Waals surface area (Å²) in [7, 11) is 0. The summed E-state index contributed by atoms with van der Waals surface area (Å²) in [6.45, 7) is 0. The van der Waals surface area contributed by atoms with Gasteiger partial charge in [0.2, 0.25) is 0 Å². The average Bonchev–Trinajstić information content (AvgIpc) is 3.22. The first kappa shape index (κ1) is 36.3. The van der Waals surface area contributed by atoms with Crippen molar-refractivity contribution < 1.29 is 63.4 Å². The summed E-state index contributed by atoms with van der Waals surface area (Å²) < 4.78 is 17.6. The van der Waals surface area contributed by atoms with Gasteiger partial charge in [0.05, 0.1) is 39.0 Å². The molecule has 0 aromatic heterocycles. The summed E-state index contributed by atoms with van der Waals surface area (Å²) in [6, 6.07) is 27.0. The Kier molecular flexibility index (Phi) is 8.26. The van der Waals surface area contributed by atoms with Crippen LogP contribution in [0.5, 0.6) is 11.5 Å². The molecule has 0 saturated carbocycles. The fraction of sp³-hybridized carbons (Fsp3) is 0.0435. The Morgan fingerprint density at radius 1 is 0.593 bits per heavy atom. The first-order valence-electron chi connectivity index (χ1n) is 17.9. The molecule has 6 aromatic carbocycles. The van der Waals surface area contributed by atoms with E-state index in [1.165, 1.54) is 18.2 Å². The molecule has 0 amide bonds. The molecule has 1 unspecified atom stereocenters. The molecule has 1 heterocycles. The van der Waals surface area contributed by atoms with Crippen molar-refractivity contribution in [3.8, 4) is 11.5 Å². The van der Waals surface area contributed by atoms with Crippen LogP contribution >= 0.6 is 0 Å². The van der Waals surface area contributed by atoms with Gasteiger partial charge in [-0.25, -0.2) is 28.8 Å². The Hall–Kier alpha value is -8.32. The fourth-order valence-corrected chi connectivity index (χ4v) is 8.04. The first-order chi connectivity index (χ1) is 28.3. The van der Waals surface area contributed by atoms with E-state index in [9.17, 15) is 49.2 Å². The molecule has 3 aliphatic rings. The highest BCUT2D eigenvalue weighted by Crippen LogP contribution is 2.52. The fourth-order valence-electron chi connectivity index (χ4n) is 8.04. The van der Waals surface area contributed by atoms with Gasteiger partial charge < -0.3 is 34.6 Å². The number of carboxylic acid groups (broad SMARTS) is 4. The molecule has 0 fully saturated rings. The minimum atomic E-state index is -1.55. The zero-order valence-corrected chi connectivity index (χ0v) is 30.2. The minimum absolute atomic E-state index is 0.0291. The van der Waals surface area contributed by atoms with Gasteiger partial charge in [-0.05, 0) is 105 Å². The molecular weight excluding hydrogens is 760 g/mol. The number of ether oxygens (including phenoxy) is 3. The predicted molar refractivity (Wildman–Crippen MR) is 209 cm³/mol. The van der Waals surface area contributed by atoms with E-state index in [0.29, 0.717) is 23.1 Å². The van der Waals surface area contributed by atoms with Crippen LogP contribution in [0.4, 0.5) is 0 Å². The van der Waals surface area contributed by atoms with Crippen LogP contribution in [0, 0.1) is 0 Å². The van der Waals surface area contributed by atoms with Gasteiger partial charge >= 0.3 is 41.8 Å².